The molecule has 0 saturated carbocycles. The summed E-state index contributed by atoms with van der Waals surface area (Å²) in [6, 6.07) is 5.58. The van der Waals surface area contributed by atoms with Crippen molar-refractivity contribution in [2.75, 3.05) is 39.5 Å². The highest BCUT2D eigenvalue weighted by atomic mass is 16.5. The van der Waals surface area contributed by atoms with E-state index in [1.54, 1.807) is 6.92 Å². The van der Waals surface area contributed by atoms with E-state index in [1.165, 1.54) is 0 Å². The Kier molecular flexibility index (Phi) is 4.93. The smallest absolute Gasteiger partial charge is 0.159 e. The molecule has 1 aliphatic rings. The predicted octanol–water partition coefficient (Wildman–Crippen LogP) is 1.91. The van der Waals surface area contributed by atoms with E-state index in [4.69, 9.17) is 9.47 Å². The van der Waals surface area contributed by atoms with Gasteiger partial charge in [-0.3, -0.25) is 9.69 Å². The van der Waals surface area contributed by atoms with Crippen molar-refractivity contribution in [2.24, 2.45) is 0 Å². The van der Waals surface area contributed by atoms with E-state index in [1.807, 2.05) is 25.1 Å². The van der Waals surface area contributed by atoms with Crippen LogP contribution in [0.3, 0.4) is 0 Å². The van der Waals surface area contributed by atoms with Gasteiger partial charge in [0.2, 0.25) is 0 Å². The number of ether oxygens (including phenoxy) is 2. The lowest BCUT2D eigenvalue weighted by molar-refractivity contribution is 0.0322. The van der Waals surface area contributed by atoms with E-state index in [2.05, 4.69) is 4.90 Å². The van der Waals surface area contributed by atoms with Gasteiger partial charge in [-0.1, -0.05) is 0 Å². The summed E-state index contributed by atoms with van der Waals surface area (Å²) in [6.45, 7) is 8.71. The normalized spacial score (nSPS) is 16.3. The second-order valence-electron chi connectivity index (χ2n) is 4.84. The second kappa shape index (κ2) is 6.68. The van der Waals surface area contributed by atoms with Gasteiger partial charge in [0.1, 0.15) is 12.4 Å². The first-order valence-electron chi connectivity index (χ1n) is 6.71. The van der Waals surface area contributed by atoms with Crippen LogP contribution in [0, 0.1) is 6.92 Å². The number of carbonyl (C=O) groups excluding carboxylic acids is 1. The highest BCUT2D eigenvalue weighted by Gasteiger charge is 2.10. The van der Waals surface area contributed by atoms with Crippen molar-refractivity contribution < 1.29 is 14.3 Å². The van der Waals surface area contributed by atoms with Crippen molar-refractivity contribution in [2.45, 2.75) is 13.8 Å². The summed E-state index contributed by atoms with van der Waals surface area (Å²) in [5.41, 5.74) is 1.74. The maximum atomic E-state index is 11.3. The van der Waals surface area contributed by atoms with E-state index in [0.717, 1.165) is 49.7 Å². The van der Waals surface area contributed by atoms with Crippen molar-refractivity contribution >= 4 is 5.78 Å². The number of Topliss-reactive ketones (excluding diaryl/α,β-unsaturated/α-hetero) is 1. The molecule has 1 aromatic rings. The molecule has 0 amide bonds. The Morgan fingerprint density at radius 2 is 2.11 bits per heavy atom. The van der Waals surface area contributed by atoms with Gasteiger partial charge in [0, 0.05) is 25.2 Å². The standard InChI is InChI=1S/C15H21NO3/c1-12-11-14(13(2)17)3-4-15(12)19-10-7-16-5-8-18-9-6-16/h3-4,11H,5-10H2,1-2H3. The summed E-state index contributed by atoms with van der Waals surface area (Å²) in [7, 11) is 0. The van der Waals surface area contributed by atoms with Crippen molar-refractivity contribution in [1.29, 1.82) is 0 Å². The van der Waals surface area contributed by atoms with Gasteiger partial charge in [-0.15, -0.1) is 0 Å². The molecule has 19 heavy (non-hydrogen) atoms. The zero-order chi connectivity index (χ0) is 13.7. The fraction of sp³-hybridized carbons (Fsp3) is 0.533. The molecule has 1 saturated heterocycles. The SMILES string of the molecule is CC(=O)c1ccc(OCCN2CCOCC2)c(C)c1. The number of aryl methyl sites for hydroxylation is 1. The molecule has 1 fully saturated rings. The fourth-order valence-electron chi connectivity index (χ4n) is 2.14. The first-order valence-corrected chi connectivity index (χ1v) is 6.71. The molecule has 0 bridgehead atoms. The van der Waals surface area contributed by atoms with Crippen LogP contribution in [-0.4, -0.2) is 50.1 Å². The van der Waals surface area contributed by atoms with E-state index < -0.39 is 0 Å². The number of ketones is 1. The maximum absolute atomic E-state index is 11.3. The molecular weight excluding hydrogens is 242 g/mol. The summed E-state index contributed by atoms with van der Waals surface area (Å²) in [6.07, 6.45) is 0. The summed E-state index contributed by atoms with van der Waals surface area (Å²) in [5.74, 6) is 0.946. The Balaban J connectivity index is 1.83. The van der Waals surface area contributed by atoms with E-state index in [0.29, 0.717) is 6.61 Å². The van der Waals surface area contributed by atoms with Crippen LogP contribution >= 0.6 is 0 Å². The zero-order valence-electron chi connectivity index (χ0n) is 11.6. The van der Waals surface area contributed by atoms with Gasteiger partial charge >= 0.3 is 0 Å². The van der Waals surface area contributed by atoms with Gasteiger partial charge in [-0.2, -0.15) is 0 Å². The molecule has 1 aliphatic heterocycles. The molecule has 4 nitrogen and oxygen atoms in total. The number of hydrogen-bond donors (Lipinski definition) is 0. The van der Waals surface area contributed by atoms with E-state index >= 15 is 0 Å². The minimum absolute atomic E-state index is 0.0861. The zero-order valence-corrected chi connectivity index (χ0v) is 11.6. The predicted molar refractivity (Wildman–Crippen MR) is 73.9 cm³/mol. The molecule has 104 valence electrons. The summed E-state index contributed by atoms with van der Waals surface area (Å²) >= 11 is 0. The highest BCUT2D eigenvalue weighted by molar-refractivity contribution is 5.94. The number of rotatable bonds is 5. The van der Waals surface area contributed by atoms with Crippen molar-refractivity contribution in [1.82, 2.24) is 4.90 Å². The largest absolute Gasteiger partial charge is 0.492 e. The van der Waals surface area contributed by atoms with Crippen LogP contribution in [0.5, 0.6) is 5.75 Å². The Morgan fingerprint density at radius 3 is 2.74 bits per heavy atom. The summed E-state index contributed by atoms with van der Waals surface area (Å²) < 4.78 is 11.1. The lowest BCUT2D eigenvalue weighted by Gasteiger charge is -2.26. The van der Waals surface area contributed by atoms with Crippen molar-refractivity contribution in [3.05, 3.63) is 29.3 Å². The lowest BCUT2D eigenvalue weighted by Crippen LogP contribution is -2.38. The topological polar surface area (TPSA) is 38.8 Å². The molecule has 0 radical (unpaired) electrons. The lowest BCUT2D eigenvalue weighted by atomic mass is 10.1. The number of benzene rings is 1. The third kappa shape index (κ3) is 4.04. The molecule has 0 unspecified atom stereocenters. The molecule has 1 heterocycles. The first kappa shape index (κ1) is 14.0. The fourth-order valence-corrected chi connectivity index (χ4v) is 2.14. The van der Waals surface area contributed by atoms with Gasteiger partial charge < -0.3 is 9.47 Å². The minimum Gasteiger partial charge on any atom is -0.492 e. The van der Waals surface area contributed by atoms with Gasteiger partial charge in [0.05, 0.1) is 13.2 Å². The van der Waals surface area contributed by atoms with Crippen LogP contribution in [0.2, 0.25) is 0 Å². The Hall–Kier alpha value is -1.39. The molecule has 2 rings (SSSR count). The molecule has 0 aromatic heterocycles. The maximum Gasteiger partial charge on any atom is 0.159 e. The number of morpholine rings is 1. The molecule has 0 atom stereocenters. The van der Waals surface area contributed by atoms with Gasteiger partial charge in [0.25, 0.3) is 0 Å². The number of carbonyl (C=O) groups is 1. The second-order valence-corrected chi connectivity index (χ2v) is 4.84. The third-order valence-corrected chi connectivity index (χ3v) is 3.35. The van der Waals surface area contributed by atoms with Gasteiger partial charge in [0.15, 0.2) is 5.78 Å². The Morgan fingerprint density at radius 1 is 1.37 bits per heavy atom. The van der Waals surface area contributed by atoms with Gasteiger partial charge in [-0.25, -0.2) is 0 Å². The molecule has 4 heteroatoms. The Bertz CT molecular complexity index is 439. The quantitative estimate of drug-likeness (QED) is 0.761. The van der Waals surface area contributed by atoms with Crippen molar-refractivity contribution in [3.63, 3.8) is 0 Å². The average Bonchev–Trinajstić information content (AvgIpc) is 2.41. The molecule has 0 spiro atoms. The average molecular weight is 263 g/mol. The van der Waals surface area contributed by atoms with Crippen LogP contribution in [0.4, 0.5) is 0 Å². The summed E-state index contributed by atoms with van der Waals surface area (Å²) in [5, 5.41) is 0. The van der Waals surface area contributed by atoms with E-state index in [-0.39, 0.29) is 5.78 Å². The monoisotopic (exact) mass is 263 g/mol. The van der Waals surface area contributed by atoms with Crippen LogP contribution in [-0.2, 0) is 4.74 Å². The van der Waals surface area contributed by atoms with Crippen LogP contribution in [0.15, 0.2) is 18.2 Å². The van der Waals surface area contributed by atoms with Crippen LogP contribution < -0.4 is 4.74 Å². The van der Waals surface area contributed by atoms with Crippen molar-refractivity contribution in [3.8, 4) is 5.75 Å². The first-order chi connectivity index (χ1) is 9.16. The molecule has 0 N–H and O–H groups in total. The van der Waals surface area contributed by atoms with E-state index in [9.17, 15) is 4.79 Å². The Labute approximate surface area is 114 Å². The molecule has 1 aromatic carbocycles. The number of nitrogens with zero attached hydrogens (tertiary/aromatic N) is 1. The highest BCUT2D eigenvalue weighted by Crippen LogP contribution is 2.19. The number of hydrogen-bond acceptors (Lipinski definition) is 4. The van der Waals surface area contributed by atoms with Gasteiger partial charge in [-0.05, 0) is 37.6 Å². The molecule has 0 aliphatic carbocycles. The third-order valence-electron chi connectivity index (χ3n) is 3.35. The summed E-state index contributed by atoms with van der Waals surface area (Å²) in [4.78, 5) is 13.6. The minimum atomic E-state index is 0.0861. The van der Waals surface area contributed by atoms with Crippen LogP contribution in [0.25, 0.3) is 0 Å². The molecular formula is C15H21NO3. The van der Waals surface area contributed by atoms with Crippen LogP contribution in [0.1, 0.15) is 22.8 Å².